The summed E-state index contributed by atoms with van der Waals surface area (Å²) in [6.07, 6.45) is 6.07. The van der Waals surface area contributed by atoms with E-state index in [9.17, 15) is 18.3 Å². The lowest BCUT2D eigenvalue weighted by molar-refractivity contribution is -0.136. The van der Waals surface area contributed by atoms with E-state index in [1.54, 1.807) is 4.31 Å². The molecule has 1 heterocycles. The molecule has 178 valence electrons. The molecule has 2 aliphatic rings. The third kappa shape index (κ3) is 5.02. The fraction of sp³-hybridized carbons (Fsp3) is 0.519. The zero-order valence-corrected chi connectivity index (χ0v) is 20.8. The van der Waals surface area contributed by atoms with Gasteiger partial charge in [0.05, 0.1) is 12.2 Å². The van der Waals surface area contributed by atoms with Crippen LogP contribution in [0.1, 0.15) is 65.5 Å². The van der Waals surface area contributed by atoms with Gasteiger partial charge in [-0.1, -0.05) is 49.1 Å². The Labute approximate surface area is 197 Å². The normalized spacial score (nSPS) is 17.7. The standard InChI is InChI=1S/C27H35NO4S/c1-18-9-11-22(12-10-18)27-20(3)23-13-14-28(16-25(23)19(2)24(27)15-26(29)30)33(31,32)17-21-7-5-4-6-8-21/h9-12,21H,4-8,13-17H2,1-3H3,(H,29,30). The number of carbonyl (C=O) groups is 1. The van der Waals surface area contributed by atoms with E-state index in [1.165, 1.54) is 12.0 Å². The molecule has 0 aromatic heterocycles. The second kappa shape index (κ2) is 9.59. The maximum absolute atomic E-state index is 13.3. The van der Waals surface area contributed by atoms with Crippen molar-refractivity contribution in [2.24, 2.45) is 5.92 Å². The van der Waals surface area contributed by atoms with Crippen LogP contribution in [-0.4, -0.2) is 36.1 Å². The van der Waals surface area contributed by atoms with Gasteiger partial charge >= 0.3 is 5.97 Å². The summed E-state index contributed by atoms with van der Waals surface area (Å²) in [5, 5.41) is 9.66. The van der Waals surface area contributed by atoms with E-state index < -0.39 is 16.0 Å². The van der Waals surface area contributed by atoms with Gasteiger partial charge in [-0.3, -0.25) is 4.79 Å². The van der Waals surface area contributed by atoms with Crippen LogP contribution in [0.2, 0.25) is 0 Å². The Bertz CT molecular complexity index is 1150. The highest BCUT2D eigenvalue weighted by molar-refractivity contribution is 7.89. The molecule has 0 bridgehead atoms. The predicted molar refractivity (Wildman–Crippen MR) is 132 cm³/mol. The lowest BCUT2D eigenvalue weighted by Crippen LogP contribution is -2.40. The molecule has 1 aliphatic carbocycles. The Morgan fingerprint density at radius 2 is 1.67 bits per heavy atom. The quantitative estimate of drug-likeness (QED) is 0.633. The molecule has 4 rings (SSSR count). The van der Waals surface area contributed by atoms with Crippen molar-refractivity contribution >= 4 is 16.0 Å². The minimum absolute atomic E-state index is 0.0714. The van der Waals surface area contributed by atoms with E-state index in [4.69, 9.17) is 0 Å². The topological polar surface area (TPSA) is 74.7 Å². The molecule has 0 atom stereocenters. The van der Waals surface area contributed by atoms with Crippen LogP contribution in [0.3, 0.4) is 0 Å². The van der Waals surface area contributed by atoms with Crippen molar-refractivity contribution in [2.75, 3.05) is 12.3 Å². The summed E-state index contributed by atoms with van der Waals surface area (Å²) >= 11 is 0. The molecule has 2 aromatic rings. The average molecular weight is 470 g/mol. The number of nitrogens with zero attached hydrogens (tertiary/aromatic N) is 1. The Hall–Kier alpha value is -2.18. The van der Waals surface area contributed by atoms with Crippen molar-refractivity contribution in [2.45, 2.75) is 72.3 Å². The van der Waals surface area contributed by atoms with Crippen molar-refractivity contribution in [3.8, 4) is 11.1 Å². The number of aliphatic carboxylic acids is 1. The van der Waals surface area contributed by atoms with E-state index in [2.05, 4.69) is 19.1 Å². The molecule has 2 aromatic carbocycles. The highest BCUT2D eigenvalue weighted by atomic mass is 32.2. The lowest BCUT2D eigenvalue weighted by Gasteiger charge is -2.34. The predicted octanol–water partition coefficient (Wildman–Crippen LogP) is 5.17. The first kappa shape index (κ1) is 24.0. The number of carboxylic acids is 1. The van der Waals surface area contributed by atoms with Gasteiger partial charge in [0.2, 0.25) is 10.0 Å². The Balaban J connectivity index is 1.73. The second-order valence-electron chi connectivity index (χ2n) is 9.86. The van der Waals surface area contributed by atoms with Crippen LogP contribution in [0.5, 0.6) is 0 Å². The zero-order valence-electron chi connectivity index (χ0n) is 20.0. The minimum Gasteiger partial charge on any atom is -0.481 e. The molecule has 6 heteroatoms. The first-order valence-corrected chi connectivity index (χ1v) is 13.7. The summed E-state index contributed by atoms with van der Waals surface area (Å²) in [5.74, 6) is -0.369. The van der Waals surface area contributed by atoms with E-state index in [0.29, 0.717) is 19.5 Å². The van der Waals surface area contributed by atoms with Gasteiger partial charge in [0, 0.05) is 13.1 Å². The molecule has 0 spiro atoms. The molecule has 5 nitrogen and oxygen atoms in total. The monoisotopic (exact) mass is 469 g/mol. The first-order chi connectivity index (χ1) is 15.7. The largest absolute Gasteiger partial charge is 0.481 e. The van der Waals surface area contributed by atoms with Crippen molar-refractivity contribution < 1.29 is 18.3 Å². The second-order valence-corrected chi connectivity index (χ2v) is 11.9. The summed E-state index contributed by atoms with van der Waals surface area (Å²) in [5.41, 5.74) is 8.16. The molecule has 1 fully saturated rings. The molecule has 0 radical (unpaired) electrons. The Morgan fingerprint density at radius 3 is 2.30 bits per heavy atom. The highest BCUT2D eigenvalue weighted by Crippen LogP contribution is 2.39. The first-order valence-electron chi connectivity index (χ1n) is 12.1. The van der Waals surface area contributed by atoms with Crippen LogP contribution in [0.4, 0.5) is 0 Å². The Morgan fingerprint density at radius 1 is 1.00 bits per heavy atom. The zero-order chi connectivity index (χ0) is 23.8. The molecule has 1 N–H and O–H groups in total. The average Bonchev–Trinajstić information content (AvgIpc) is 2.78. The van der Waals surface area contributed by atoms with Crippen LogP contribution in [-0.2, 0) is 34.2 Å². The number of sulfonamides is 1. The van der Waals surface area contributed by atoms with Crippen molar-refractivity contribution in [1.82, 2.24) is 4.31 Å². The minimum atomic E-state index is -3.34. The van der Waals surface area contributed by atoms with Crippen LogP contribution < -0.4 is 0 Å². The van der Waals surface area contributed by atoms with Gasteiger partial charge in [0.15, 0.2) is 0 Å². The van der Waals surface area contributed by atoms with Gasteiger partial charge in [-0.25, -0.2) is 8.42 Å². The van der Waals surface area contributed by atoms with Crippen molar-refractivity contribution in [3.05, 3.63) is 57.6 Å². The lowest BCUT2D eigenvalue weighted by atomic mass is 9.81. The fourth-order valence-corrected chi connectivity index (χ4v) is 7.56. The van der Waals surface area contributed by atoms with Gasteiger partial charge < -0.3 is 5.11 Å². The van der Waals surface area contributed by atoms with E-state index in [1.807, 2.05) is 26.0 Å². The molecule has 0 unspecified atom stereocenters. The van der Waals surface area contributed by atoms with E-state index in [0.717, 1.165) is 64.6 Å². The van der Waals surface area contributed by atoms with Crippen LogP contribution in [0, 0.1) is 26.7 Å². The SMILES string of the molecule is Cc1ccc(-c2c(C)c3c(c(C)c2CC(=O)O)CN(S(=O)(=O)CC2CCCCC2)CC3)cc1. The van der Waals surface area contributed by atoms with Crippen molar-refractivity contribution in [1.29, 1.82) is 0 Å². The fourth-order valence-electron chi connectivity index (χ4n) is 5.72. The summed E-state index contributed by atoms with van der Waals surface area (Å²) in [6.45, 7) is 6.90. The summed E-state index contributed by atoms with van der Waals surface area (Å²) < 4.78 is 28.2. The molecule has 1 saturated carbocycles. The third-order valence-corrected chi connectivity index (χ3v) is 9.57. The summed E-state index contributed by atoms with van der Waals surface area (Å²) in [4.78, 5) is 11.8. The number of hydrogen-bond acceptors (Lipinski definition) is 3. The molecular weight excluding hydrogens is 434 g/mol. The van der Waals surface area contributed by atoms with Gasteiger partial charge in [-0.15, -0.1) is 0 Å². The van der Waals surface area contributed by atoms with Gasteiger partial charge in [0.1, 0.15) is 0 Å². The number of aryl methyl sites for hydroxylation is 1. The highest BCUT2D eigenvalue weighted by Gasteiger charge is 2.33. The number of benzene rings is 2. The Kier molecular flexibility index (Phi) is 6.96. The van der Waals surface area contributed by atoms with Gasteiger partial charge in [-0.2, -0.15) is 4.31 Å². The van der Waals surface area contributed by atoms with Crippen LogP contribution >= 0.6 is 0 Å². The number of hydrogen-bond donors (Lipinski definition) is 1. The summed E-state index contributed by atoms with van der Waals surface area (Å²) in [7, 11) is -3.34. The number of rotatable bonds is 6. The number of carboxylic acid groups (broad SMARTS) is 1. The van der Waals surface area contributed by atoms with Crippen LogP contribution in [0.25, 0.3) is 11.1 Å². The van der Waals surface area contributed by atoms with Crippen molar-refractivity contribution in [3.63, 3.8) is 0 Å². The molecule has 0 amide bonds. The molecule has 0 saturated heterocycles. The summed E-state index contributed by atoms with van der Waals surface area (Å²) in [6, 6.07) is 8.21. The maximum Gasteiger partial charge on any atom is 0.307 e. The molecule has 1 aliphatic heterocycles. The van der Waals surface area contributed by atoms with Gasteiger partial charge in [0.25, 0.3) is 0 Å². The maximum atomic E-state index is 13.3. The van der Waals surface area contributed by atoms with Gasteiger partial charge in [-0.05, 0) is 84.9 Å². The smallest absolute Gasteiger partial charge is 0.307 e. The molecular formula is C27H35NO4S. The molecule has 33 heavy (non-hydrogen) atoms. The third-order valence-electron chi connectivity index (χ3n) is 7.58. The van der Waals surface area contributed by atoms with E-state index in [-0.39, 0.29) is 18.1 Å². The van der Waals surface area contributed by atoms with Crippen LogP contribution in [0.15, 0.2) is 24.3 Å². The number of fused-ring (bicyclic) bond motifs is 1. The van der Waals surface area contributed by atoms with E-state index >= 15 is 0 Å².